The lowest BCUT2D eigenvalue weighted by atomic mass is 9.71. The van der Waals surface area contributed by atoms with E-state index in [2.05, 4.69) is 21.1 Å². The van der Waals surface area contributed by atoms with Crippen molar-refractivity contribution in [2.24, 2.45) is 10.6 Å². The average molecular weight is 519 g/mol. The Balaban J connectivity index is 1.41. The standard InChI is InChI=1S/C29H31FN4O4/c1-20-16-33(19-31-20)25-8-3-21(14-26(25)36-2)13-22-15-28(9-11-37-12-10-28)17-34-27(22)32-38-29(34,18-35)23-4-6-24(30)7-5-23/h3-8,13-14,16,19,35H,9-12,15,17-18H2,1-2H3. The number of halogens is 1. The van der Waals surface area contributed by atoms with Gasteiger partial charge in [-0.2, -0.15) is 0 Å². The summed E-state index contributed by atoms with van der Waals surface area (Å²) < 4.78 is 27.1. The smallest absolute Gasteiger partial charge is 0.260 e. The van der Waals surface area contributed by atoms with Gasteiger partial charge in [-0.25, -0.2) is 9.37 Å². The minimum atomic E-state index is -1.21. The van der Waals surface area contributed by atoms with Crippen molar-refractivity contribution in [3.63, 3.8) is 0 Å². The molecule has 0 aliphatic carbocycles. The van der Waals surface area contributed by atoms with Crippen LogP contribution in [0, 0.1) is 18.2 Å². The fourth-order valence-electron chi connectivity index (χ4n) is 5.83. The molecule has 6 rings (SSSR count). The summed E-state index contributed by atoms with van der Waals surface area (Å²) in [7, 11) is 1.66. The third-order valence-electron chi connectivity index (χ3n) is 7.92. The molecular weight excluding hydrogens is 487 g/mol. The number of hydrogen-bond acceptors (Lipinski definition) is 7. The summed E-state index contributed by atoms with van der Waals surface area (Å²) in [4.78, 5) is 12.4. The van der Waals surface area contributed by atoms with Crippen LogP contribution in [0.5, 0.6) is 5.75 Å². The van der Waals surface area contributed by atoms with Crippen molar-refractivity contribution in [3.05, 3.63) is 83.2 Å². The fraction of sp³-hybridized carbons (Fsp3) is 0.379. The van der Waals surface area contributed by atoms with Gasteiger partial charge in [-0.3, -0.25) is 0 Å². The van der Waals surface area contributed by atoms with E-state index in [1.807, 2.05) is 35.9 Å². The van der Waals surface area contributed by atoms with E-state index in [-0.39, 0.29) is 17.8 Å². The number of aromatic nitrogens is 2. The molecule has 2 saturated heterocycles. The largest absolute Gasteiger partial charge is 0.495 e. The highest BCUT2D eigenvalue weighted by atomic mass is 19.1. The number of rotatable bonds is 5. The first-order valence-corrected chi connectivity index (χ1v) is 12.8. The van der Waals surface area contributed by atoms with Gasteiger partial charge in [0, 0.05) is 31.5 Å². The number of piperidine rings is 1. The number of fused-ring (bicyclic) bond motifs is 1. The van der Waals surface area contributed by atoms with Crippen LogP contribution in [-0.2, 0) is 15.3 Å². The molecule has 1 atom stereocenters. The molecule has 1 aromatic heterocycles. The molecule has 3 aliphatic rings. The van der Waals surface area contributed by atoms with E-state index < -0.39 is 5.72 Å². The Labute approximate surface area is 220 Å². The Morgan fingerprint density at radius 2 is 1.95 bits per heavy atom. The summed E-state index contributed by atoms with van der Waals surface area (Å²) >= 11 is 0. The van der Waals surface area contributed by atoms with E-state index in [4.69, 9.17) is 14.3 Å². The van der Waals surface area contributed by atoms with Gasteiger partial charge in [-0.1, -0.05) is 11.2 Å². The first-order valence-electron chi connectivity index (χ1n) is 12.8. The Hall–Kier alpha value is -3.69. The Morgan fingerprint density at radius 3 is 2.63 bits per heavy atom. The third-order valence-corrected chi connectivity index (χ3v) is 7.92. The number of aliphatic hydroxyl groups excluding tert-OH is 1. The summed E-state index contributed by atoms with van der Waals surface area (Å²) in [6.07, 6.45) is 8.44. The molecule has 0 amide bonds. The second-order valence-electron chi connectivity index (χ2n) is 10.4. The van der Waals surface area contributed by atoms with Gasteiger partial charge in [0.05, 0.1) is 24.8 Å². The third kappa shape index (κ3) is 4.16. The fourth-order valence-corrected chi connectivity index (χ4v) is 5.83. The molecule has 0 saturated carbocycles. The molecule has 1 N–H and O–H groups in total. The van der Waals surface area contributed by atoms with Crippen LogP contribution in [0.2, 0.25) is 0 Å². The van der Waals surface area contributed by atoms with E-state index in [0.717, 1.165) is 47.5 Å². The number of methoxy groups -OCH3 is 1. The highest BCUT2D eigenvalue weighted by molar-refractivity contribution is 6.04. The highest BCUT2D eigenvalue weighted by Crippen LogP contribution is 2.49. The predicted octanol–water partition coefficient (Wildman–Crippen LogP) is 4.40. The van der Waals surface area contributed by atoms with Gasteiger partial charge in [-0.05, 0) is 85.2 Å². The first kappa shape index (κ1) is 24.6. The molecule has 2 fully saturated rings. The minimum absolute atomic E-state index is 0.0599. The van der Waals surface area contributed by atoms with Crippen molar-refractivity contribution in [2.45, 2.75) is 31.9 Å². The monoisotopic (exact) mass is 518 g/mol. The number of oxime groups is 1. The first-order chi connectivity index (χ1) is 18.4. The van der Waals surface area contributed by atoms with Crippen molar-refractivity contribution >= 4 is 11.9 Å². The van der Waals surface area contributed by atoms with Crippen LogP contribution in [0.15, 0.2) is 65.7 Å². The SMILES string of the molecule is COc1cc(C=C2CC3(CCOCC3)CN3C2=NOC3(CO)c2ccc(F)cc2)ccc1-n1cnc(C)c1. The van der Waals surface area contributed by atoms with Gasteiger partial charge in [0.15, 0.2) is 5.84 Å². The van der Waals surface area contributed by atoms with Gasteiger partial charge in [0.25, 0.3) is 5.72 Å². The van der Waals surface area contributed by atoms with Gasteiger partial charge in [0.1, 0.15) is 18.2 Å². The normalized spacial score (nSPS) is 23.3. The van der Waals surface area contributed by atoms with E-state index >= 15 is 0 Å². The van der Waals surface area contributed by atoms with Crippen molar-refractivity contribution in [2.75, 3.05) is 33.5 Å². The maximum absolute atomic E-state index is 13.7. The van der Waals surface area contributed by atoms with Gasteiger partial charge >= 0.3 is 0 Å². The average Bonchev–Trinajstić information content (AvgIpc) is 3.53. The summed E-state index contributed by atoms with van der Waals surface area (Å²) in [5.41, 5.74) is 3.19. The van der Waals surface area contributed by atoms with Gasteiger partial charge < -0.3 is 28.9 Å². The summed E-state index contributed by atoms with van der Waals surface area (Å²) in [5, 5.41) is 15.1. The van der Waals surface area contributed by atoms with Crippen molar-refractivity contribution in [3.8, 4) is 11.4 Å². The molecule has 9 heteroatoms. The number of imidazole rings is 1. The zero-order valence-electron chi connectivity index (χ0n) is 21.6. The lowest BCUT2D eigenvalue weighted by Crippen LogP contribution is -2.57. The number of nitrogens with zero attached hydrogens (tertiary/aromatic N) is 4. The van der Waals surface area contributed by atoms with Crippen LogP contribution >= 0.6 is 0 Å². The zero-order valence-corrected chi connectivity index (χ0v) is 21.6. The maximum Gasteiger partial charge on any atom is 0.260 e. The van der Waals surface area contributed by atoms with Crippen LogP contribution in [0.1, 0.15) is 36.1 Å². The molecule has 38 heavy (non-hydrogen) atoms. The van der Waals surface area contributed by atoms with Crippen molar-refractivity contribution in [1.82, 2.24) is 14.5 Å². The maximum atomic E-state index is 13.7. The Bertz CT molecular complexity index is 1390. The topological polar surface area (TPSA) is 81.3 Å². The van der Waals surface area contributed by atoms with Crippen LogP contribution in [0.25, 0.3) is 11.8 Å². The molecular formula is C29H31FN4O4. The van der Waals surface area contributed by atoms with E-state index in [1.54, 1.807) is 25.6 Å². The van der Waals surface area contributed by atoms with Crippen molar-refractivity contribution < 1.29 is 23.8 Å². The molecule has 4 heterocycles. The van der Waals surface area contributed by atoms with Gasteiger partial charge in [-0.15, -0.1) is 0 Å². The van der Waals surface area contributed by atoms with E-state index in [9.17, 15) is 9.50 Å². The van der Waals surface area contributed by atoms with E-state index in [0.29, 0.717) is 31.2 Å². The molecule has 0 bridgehead atoms. The quantitative estimate of drug-likeness (QED) is 0.539. The minimum Gasteiger partial charge on any atom is -0.495 e. The molecule has 1 unspecified atom stereocenters. The number of hydrogen-bond donors (Lipinski definition) is 1. The highest BCUT2D eigenvalue weighted by Gasteiger charge is 2.54. The Kier molecular flexibility index (Phi) is 6.20. The zero-order chi connectivity index (χ0) is 26.3. The second kappa shape index (κ2) is 9.56. The molecule has 0 radical (unpaired) electrons. The van der Waals surface area contributed by atoms with Crippen LogP contribution < -0.4 is 4.74 Å². The van der Waals surface area contributed by atoms with Crippen molar-refractivity contribution in [1.29, 1.82) is 0 Å². The van der Waals surface area contributed by atoms with Crippen LogP contribution in [-0.4, -0.2) is 58.9 Å². The number of aryl methyl sites for hydroxylation is 1. The second-order valence-corrected chi connectivity index (χ2v) is 10.4. The molecule has 2 aromatic carbocycles. The summed E-state index contributed by atoms with van der Waals surface area (Å²) in [6, 6.07) is 12.1. The van der Waals surface area contributed by atoms with Crippen LogP contribution in [0.4, 0.5) is 4.39 Å². The Morgan fingerprint density at radius 1 is 1.16 bits per heavy atom. The number of amidine groups is 1. The molecule has 3 aromatic rings. The van der Waals surface area contributed by atoms with Crippen LogP contribution in [0.3, 0.4) is 0 Å². The molecule has 8 nitrogen and oxygen atoms in total. The molecule has 1 spiro atoms. The number of aliphatic hydroxyl groups is 1. The predicted molar refractivity (Wildman–Crippen MR) is 140 cm³/mol. The number of ether oxygens (including phenoxy) is 2. The number of benzene rings is 2. The van der Waals surface area contributed by atoms with E-state index in [1.165, 1.54) is 12.1 Å². The molecule has 198 valence electrons. The summed E-state index contributed by atoms with van der Waals surface area (Å²) in [6.45, 7) is 3.66. The lowest BCUT2D eigenvalue weighted by molar-refractivity contribution is -0.151. The molecule has 3 aliphatic heterocycles. The van der Waals surface area contributed by atoms with Gasteiger partial charge in [0.2, 0.25) is 0 Å². The summed E-state index contributed by atoms with van der Waals surface area (Å²) in [5.74, 6) is 1.07. The lowest BCUT2D eigenvalue weighted by Gasteiger charge is -2.49.